The lowest BCUT2D eigenvalue weighted by atomic mass is 10.0. The highest BCUT2D eigenvalue weighted by Gasteiger charge is 2.15. The largest absolute Gasteiger partial charge is 0.427 e. The van der Waals surface area contributed by atoms with E-state index in [9.17, 15) is 9.18 Å². The number of aryl methyl sites for hydroxylation is 1. The Morgan fingerprint density at radius 2 is 1.90 bits per heavy atom. The Morgan fingerprint density at radius 1 is 1.10 bits per heavy atom. The molecule has 0 bridgehead atoms. The van der Waals surface area contributed by atoms with Gasteiger partial charge in [0.05, 0.1) is 11.4 Å². The zero-order valence-electron chi connectivity index (χ0n) is 17.7. The lowest BCUT2D eigenvalue weighted by molar-refractivity contribution is -0.134. The van der Waals surface area contributed by atoms with Gasteiger partial charge in [-0.25, -0.2) is 4.39 Å². The first-order valence-corrected chi connectivity index (χ1v) is 10.5. The van der Waals surface area contributed by atoms with Crippen molar-refractivity contribution < 1.29 is 13.9 Å². The third-order valence-corrected chi connectivity index (χ3v) is 5.38. The second-order valence-corrected chi connectivity index (χ2v) is 7.93. The number of halogens is 1. The zero-order valence-corrected chi connectivity index (χ0v) is 17.7. The van der Waals surface area contributed by atoms with Crippen molar-refractivity contribution in [1.29, 1.82) is 0 Å². The van der Waals surface area contributed by atoms with Crippen LogP contribution < -0.4 is 4.74 Å². The fourth-order valence-corrected chi connectivity index (χ4v) is 3.72. The van der Waals surface area contributed by atoms with Crippen molar-refractivity contribution in [2.24, 2.45) is 0 Å². The number of esters is 1. The van der Waals surface area contributed by atoms with E-state index in [1.807, 2.05) is 42.5 Å². The number of H-pyrrole nitrogens is 1. The van der Waals surface area contributed by atoms with Gasteiger partial charge in [-0.1, -0.05) is 32.0 Å². The predicted octanol–water partition coefficient (Wildman–Crippen LogP) is 6.42. The monoisotopic (exact) mass is 416 g/mol. The molecule has 4 rings (SSSR count). The van der Waals surface area contributed by atoms with Crippen molar-refractivity contribution in [3.8, 4) is 17.1 Å². The predicted molar refractivity (Wildman–Crippen MR) is 121 cm³/mol. The number of nitrogens with zero attached hydrogens (tertiary/aromatic N) is 1. The van der Waals surface area contributed by atoms with Gasteiger partial charge in [0.15, 0.2) is 0 Å². The van der Waals surface area contributed by atoms with Crippen LogP contribution in [0.5, 0.6) is 5.75 Å². The van der Waals surface area contributed by atoms with Crippen LogP contribution in [0.3, 0.4) is 0 Å². The highest BCUT2D eigenvalue weighted by Crippen LogP contribution is 2.31. The molecule has 0 atom stereocenters. The molecule has 2 aromatic heterocycles. The number of ether oxygens (including phenoxy) is 1. The Labute approximate surface area is 181 Å². The zero-order chi connectivity index (χ0) is 21.8. The van der Waals surface area contributed by atoms with E-state index < -0.39 is 0 Å². The maximum atomic E-state index is 13.9. The highest BCUT2D eigenvalue weighted by atomic mass is 19.1. The Morgan fingerprint density at radius 3 is 2.61 bits per heavy atom. The molecule has 0 fully saturated rings. The van der Waals surface area contributed by atoms with Crippen molar-refractivity contribution in [3.05, 3.63) is 83.8 Å². The molecular formula is C26H25FN2O2. The first-order chi connectivity index (χ1) is 15.0. The van der Waals surface area contributed by atoms with Crippen LogP contribution in [0.4, 0.5) is 4.39 Å². The Bertz CT molecular complexity index is 1180. The van der Waals surface area contributed by atoms with Crippen LogP contribution >= 0.6 is 0 Å². The minimum absolute atomic E-state index is 0.273. The number of rotatable bonds is 7. The summed E-state index contributed by atoms with van der Waals surface area (Å²) in [6.45, 7) is 4.24. The molecule has 0 aliphatic rings. The van der Waals surface area contributed by atoms with Gasteiger partial charge in [0.2, 0.25) is 0 Å². The molecule has 0 aliphatic carbocycles. The number of aromatic nitrogens is 2. The van der Waals surface area contributed by atoms with Crippen molar-refractivity contribution in [2.45, 2.75) is 39.0 Å². The minimum Gasteiger partial charge on any atom is -0.427 e. The smallest absolute Gasteiger partial charge is 0.311 e. The number of hydrogen-bond acceptors (Lipinski definition) is 3. The van der Waals surface area contributed by atoms with E-state index in [-0.39, 0.29) is 18.2 Å². The summed E-state index contributed by atoms with van der Waals surface area (Å²) in [5, 5.41) is 0.818. The van der Waals surface area contributed by atoms with Crippen LogP contribution in [-0.2, 0) is 11.2 Å². The topological polar surface area (TPSA) is 55.0 Å². The number of fused-ring (bicyclic) bond motifs is 1. The van der Waals surface area contributed by atoms with Gasteiger partial charge in [-0.2, -0.15) is 0 Å². The number of hydrogen-bond donors (Lipinski definition) is 1. The molecule has 1 N–H and O–H groups in total. The molecule has 0 radical (unpaired) electrons. The number of nitrogens with one attached hydrogen (secondary N) is 1. The Hall–Kier alpha value is -3.47. The van der Waals surface area contributed by atoms with Gasteiger partial charge >= 0.3 is 5.97 Å². The van der Waals surface area contributed by atoms with Gasteiger partial charge in [0.1, 0.15) is 11.6 Å². The second kappa shape index (κ2) is 9.13. The Balaban J connectivity index is 1.47. The molecule has 0 spiro atoms. The molecule has 4 aromatic rings. The number of pyridine rings is 1. The van der Waals surface area contributed by atoms with Gasteiger partial charge in [0, 0.05) is 23.5 Å². The normalized spacial score (nSPS) is 11.2. The van der Waals surface area contributed by atoms with Crippen molar-refractivity contribution >= 4 is 16.9 Å². The summed E-state index contributed by atoms with van der Waals surface area (Å²) in [5.41, 5.74) is 4.67. The van der Waals surface area contributed by atoms with Gasteiger partial charge in [0.25, 0.3) is 0 Å². The molecule has 31 heavy (non-hydrogen) atoms. The number of benzene rings is 2. The summed E-state index contributed by atoms with van der Waals surface area (Å²) in [6.07, 6.45) is 3.20. The summed E-state index contributed by atoms with van der Waals surface area (Å²) in [4.78, 5) is 20.1. The van der Waals surface area contributed by atoms with Gasteiger partial charge in [-0.05, 0) is 72.4 Å². The van der Waals surface area contributed by atoms with Crippen molar-refractivity contribution in [3.63, 3.8) is 0 Å². The fourth-order valence-electron chi connectivity index (χ4n) is 3.72. The van der Waals surface area contributed by atoms with Crippen LogP contribution in [0.2, 0.25) is 0 Å². The molecule has 2 heterocycles. The summed E-state index contributed by atoms with van der Waals surface area (Å²) in [6, 6.07) is 18.0. The maximum Gasteiger partial charge on any atom is 0.311 e. The van der Waals surface area contributed by atoms with E-state index in [0.717, 1.165) is 27.9 Å². The third-order valence-electron chi connectivity index (χ3n) is 5.38. The fraction of sp³-hybridized carbons (Fsp3) is 0.231. The second-order valence-electron chi connectivity index (χ2n) is 7.93. The van der Waals surface area contributed by atoms with Crippen LogP contribution in [0.25, 0.3) is 22.3 Å². The average molecular weight is 416 g/mol. The van der Waals surface area contributed by atoms with E-state index in [1.54, 1.807) is 12.3 Å². The van der Waals surface area contributed by atoms with Crippen LogP contribution in [0.15, 0.2) is 66.9 Å². The lowest BCUT2D eigenvalue weighted by Gasteiger charge is -2.08. The number of carbonyl (C=O) groups is 1. The van der Waals surface area contributed by atoms with E-state index in [0.29, 0.717) is 24.5 Å². The summed E-state index contributed by atoms with van der Waals surface area (Å²) in [7, 11) is 0. The molecule has 0 saturated heterocycles. The maximum absolute atomic E-state index is 13.9. The SMILES string of the molecule is CC(C)c1ccc(OC(=O)CCCc2c(-c3ccccn3)[nH]c3ccc(F)cc23)cc1. The van der Waals surface area contributed by atoms with Gasteiger partial charge in [-0.3, -0.25) is 9.78 Å². The number of aromatic amines is 1. The van der Waals surface area contributed by atoms with Crippen LogP contribution in [-0.4, -0.2) is 15.9 Å². The molecule has 0 unspecified atom stereocenters. The quantitative estimate of drug-likeness (QED) is 0.279. The van der Waals surface area contributed by atoms with Gasteiger partial charge < -0.3 is 9.72 Å². The van der Waals surface area contributed by atoms with Crippen LogP contribution in [0.1, 0.15) is 43.7 Å². The van der Waals surface area contributed by atoms with E-state index in [4.69, 9.17) is 4.74 Å². The molecule has 5 heteroatoms. The molecule has 158 valence electrons. The standard InChI is InChI=1S/C26H25FN2O2/c1-17(2)18-9-12-20(13-10-18)31-25(30)8-5-6-21-22-16-19(27)11-14-23(22)29-26(21)24-7-3-4-15-28-24/h3-4,7,9-17,29H,5-6,8H2,1-2H3. The van der Waals surface area contributed by atoms with Crippen LogP contribution in [0, 0.1) is 5.82 Å². The lowest BCUT2D eigenvalue weighted by Crippen LogP contribution is -2.08. The minimum atomic E-state index is -0.287. The Kier molecular flexibility index (Phi) is 6.12. The molecule has 2 aromatic carbocycles. The van der Waals surface area contributed by atoms with E-state index in [1.165, 1.54) is 17.7 Å². The third kappa shape index (κ3) is 4.82. The summed E-state index contributed by atoms with van der Waals surface area (Å²) >= 11 is 0. The molecular weight excluding hydrogens is 391 g/mol. The average Bonchev–Trinajstić information content (AvgIpc) is 3.12. The van der Waals surface area contributed by atoms with Gasteiger partial charge in [-0.15, -0.1) is 0 Å². The molecule has 4 nitrogen and oxygen atoms in total. The summed E-state index contributed by atoms with van der Waals surface area (Å²) < 4.78 is 19.4. The highest BCUT2D eigenvalue weighted by molar-refractivity contribution is 5.90. The van der Waals surface area contributed by atoms with Crippen molar-refractivity contribution in [1.82, 2.24) is 9.97 Å². The molecule has 0 aliphatic heterocycles. The summed E-state index contributed by atoms with van der Waals surface area (Å²) in [5.74, 6) is 0.420. The number of carbonyl (C=O) groups excluding carboxylic acids is 1. The van der Waals surface area contributed by atoms with E-state index >= 15 is 0 Å². The first kappa shape index (κ1) is 20.8. The molecule has 0 saturated carbocycles. The van der Waals surface area contributed by atoms with Crippen molar-refractivity contribution in [2.75, 3.05) is 0 Å². The first-order valence-electron chi connectivity index (χ1n) is 10.5. The molecule has 0 amide bonds. The van der Waals surface area contributed by atoms with E-state index in [2.05, 4.69) is 23.8 Å².